The Balaban J connectivity index is 2.87. The van der Waals surface area contributed by atoms with Crippen LogP contribution < -0.4 is 5.32 Å². The van der Waals surface area contributed by atoms with Crippen molar-refractivity contribution in [2.75, 3.05) is 7.11 Å². The van der Waals surface area contributed by atoms with Crippen LogP contribution in [0.4, 0.5) is 0 Å². The first-order valence-corrected chi connectivity index (χ1v) is 7.77. The zero-order valence-corrected chi connectivity index (χ0v) is 14.7. The fourth-order valence-electron chi connectivity index (χ4n) is 1.75. The van der Waals surface area contributed by atoms with Crippen molar-refractivity contribution in [2.24, 2.45) is 5.92 Å². The lowest BCUT2D eigenvalue weighted by molar-refractivity contribution is -0.143. The molecule has 0 fully saturated rings. The van der Waals surface area contributed by atoms with Gasteiger partial charge in [0.05, 0.1) is 7.11 Å². The molecule has 1 aromatic rings. The Morgan fingerprint density at radius 3 is 2.20 bits per heavy atom. The summed E-state index contributed by atoms with van der Waals surface area (Å²) < 4.78 is 6.30. The van der Waals surface area contributed by atoms with Gasteiger partial charge < -0.3 is 10.1 Å². The summed E-state index contributed by atoms with van der Waals surface area (Å²) in [6, 6.07) is 4.60. The number of benzene rings is 1. The Morgan fingerprint density at radius 2 is 1.75 bits per heavy atom. The summed E-state index contributed by atoms with van der Waals surface area (Å²) >= 11 is 6.66. The summed E-state index contributed by atoms with van der Waals surface area (Å²) in [6.45, 7) is 3.97. The minimum absolute atomic E-state index is 0.272. The van der Waals surface area contributed by atoms with Gasteiger partial charge in [0.25, 0.3) is 5.91 Å². The first-order chi connectivity index (χ1) is 9.33. The predicted octanol–water partition coefficient (Wildman–Crippen LogP) is 3.53. The molecule has 1 N–H and O–H groups in total. The number of carbonyl (C=O) groups is 2. The van der Waals surface area contributed by atoms with E-state index < -0.39 is 12.0 Å². The second-order valence-corrected chi connectivity index (χ2v) is 6.67. The molecule has 1 atom stereocenters. The third-order valence-electron chi connectivity index (χ3n) is 2.62. The maximum absolute atomic E-state index is 12.2. The summed E-state index contributed by atoms with van der Waals surface area (Å²) in [7, 11) is 1.32. The van der Waals surface area contributed by atoms with E-state index in [1.165, 1.54) is 7.11 Å². The predicted molar refractivity (Wildman–Crippen MR) is 84.6 cm³/mol. The van der Waals surface area contributed by atoms with Crippen LogP contribution in [-0.4, -0.2) is 25.0 Å². The first-order valence-electron chi connectivity index (χ1n) is 6.18. The summed E-state index contributed by atoms with van der Waals surface area (Å²) in [5.41, 5.74) is 0.476. The molecule has 0 spiro atoms. The molecule has 4 nitrogen and oxygen atoms in total. The molecule has 1 amide bonds. The Hall–Kier alpha value is -0.880. The van der Waals surface area contributed by atoms with Crippen LogP contribution in [0.25, 0.3) is 0 Å². The number of methoxy groups -OCH3 is 1. The van der Waals surface area contributed by atoms with Crippen molar-refractivity contribution in [1.82, 2.24) is 5.32 Å². The van der Waals surface area contributed by atoms with Gasteiger partial charge in [-0.25, -0.2) is 4.79 Å². The zero-order valence-electron chi connectivity index (χ0n) is 11.6. The number of ether oxygens (including phenoxy) is 1. The quantitative estimate of drug-likeness (QED) is 0.761. The topological polar surface area (TPSA) is 55.4 Å². The molecule has 0 aliphatic rings. The lowest BCUT2D eigenvalue weighted by atomic mass is 10.0. The van der Waals surface area contributed by atoms with E-state index in [1.54, 1.807) is 12.1 Å². The van der Waals surface area contributed by atoms with E-state index in [-0.39, 0.29) is 11.8 Å². The Morgan fingerprint density at radius 1 is 1.20 bits per heavy atom. The highest BCUT2D eigenvalue weighted by molar-refractivity contribution is 9.11. The fraction of sp³-hybridized carbons (Fsp3) is 0.429. The van der Waals surface area contributed by atoms with Gasteiger partial charge in [0, 0.05) is 14.5 Å². The van der Waals surface area contributed by atoms with Gasteiger partial charge in [0.1, 0.15) is 6.04 Å². The number of nitrogens with one attached hydrogen (secondary N) is 1. The van der Waals surface area contributed by atoms with Crippen LogP contribution in [0.5, 0.6) is 0 Å². The Kier molecular flexibility index (Phi) is 6.68. The standard InChI is InChI=1S/C14H17Br2NO3/c1-8(2)4-12(14(19)20-3)17-13(18)9-5-10(15)7-11(16)6-9/h5-8,12H,4H2,1-3H3,(H,17,18)/t12-/m1/s1. The summed E-state index contributed by atoms with van der Waals surface area (Å²) in [5.74, 6) is -0.460. The Bertz CT molecular complexity index is 483. The van der Waals surface area contributed by atoms with Crippen LogP contribution in [0.15, 0.2) is 27.1 Å². The van der Waals surface area contributed by atoms with E-state index in [1.807, 2.05) is 19.9 Å². The van der Waals surface area contributed by atoms with E-state index in [0.29, 0.717) is 12.0 Å². The molecule has 0 aromatic heterocycles. The van der Waals surface area contributed by atoms with E-state index >= 15 is 0 Å². The number of carbonyl (C=O) groups excluding carboxylic acids is 2. The number of rotatable bonds is 5. The second kappa shape index (κ2) is 7.78. The lowest BCUT2D eigenvalue weighted by Gasteiger charge is -2.18. The van der Waals surface area contributed by atoms with Crippen LogP contribution in [-0.2, 0) is 9.53 Å². The fourth-order valence-corrected chi connectivity index (χ4v) is 3.05. The minimum Gasteiger partial charge on any atom is -0.467 e. The van der Waals surface area contributed by atoms with Crippen LogP contribution in [0, 0.1) is 5.92 Å². The van der Waals surface area contributed by atoms with Gasteiger partial charge in [-0.3, -0.25) is 4.79 Å². The molecule has 0 saturated heterocycles. The largest absolute Gasteiger partial charge is 0.467 e. The van der Waals surface area contributed by atoms with Gasteiger partial charge in [-0.1, -0.05) is 45.7 Å². The molecule has 0 aliphatic carbocycles. The van der Waals surface area contributed by atoms with Crippen molar-refractivity contribution in [3.63, 3.8) is 0 Å². The van der Waals surface area contributed by atoms with Gasteiger partial charge in [0.15, 0.2) is 0 Å². The van der Waals surface area contributed by atoms with Gasteiger partial charge in [-0.05, 0) is 30.5 Å². The number of hydrogen-bond acceptors (Lipinski definition) is 3. The van der Waals surface area contributed by atoms with E-state index in [0.717, 1.165) is 8.95 Å². The molecule has 110 valence electrons. The molecule has 0 heterocycles. The number of halogens is 2. The van der Waals surface area contributed by atoms with Crippen molar-refractivity contribution in [3.05, 3.63) is 32.7 Å². The van der Waals surface area contributed by atoms with Crippen LogP contribution >= 0.6 is 31.9 Å². The van der Waals surface area contributed by atoms with Gasteiger partial charge >= 0.3 is 5.97 Å². The third kappa shape index (κ3) is 5.25. The number of hydrogen-bond donors (Lipinski definition) is 1. The molecule has 0 aliphatic heterocycles. The maximum atomic E-state index is 12.2. The SMILES string of the molecule is COC(=O)[C@@H](CC(C)C)NC(=O)c1cc(Br)cc(Br)c1. The highest BCUT2D eigenvalue weighted by Gasteiger charge is 2.23. The highest BCUT2D eigenvalue weighted by atomic mass is 79.9. The normalized spacial score (nSPS) is 12.1. The smallest absolute Gasteiger partial charge is 0.328 e. The van der Waals surface area contributed by atoms with Crippen molar-refractivity contribution >= 4 is 43.7 Å². The van der Waals surface area contributed by atoms with Gasteiger partial charge in [0.2, 0.25) is 0 Å². The molecule has 6 heteroatoms. The first kappa shape index (κ1) is 17.2. The molecule has 0 radical (unpaired) electrons. The average Bonchev–Trinajstić information content (AvgIpc) is 2.35. The molecule has 1 aromatic carbocycles. The molecular weight excluding hydrogens is 390 g/mol. The highest BCUT2D eigenvalue weighted by Crippen LogP contribution is 2.20. The van der Waals surface area contributed by atoms with E-state index in [4.69, 9.17) is 4.74 Å². The molecule has 1 rings (SSSR count). The maximum Gasteiger partial charge on any atom is 0.328 e. The van der Waals surface area contributed by atoms with Gasteiger partial charge in [-0.2, -0.15) is 0 Å². The van der Waals surface area contributed by atoms with Crippen molar-refractivity contribution in [3.8, 4) is 0 Å². The minimum atomic E-state index is -0.634. The van der Waals surface area contributed by atoms with Crippen molar-refractivity contribution in [1.29, 1.82) is 0 Å². The Labute approximate surface area is 135 Å². The van der Waals surface area contributed by atoms with Crippen LogP contribution in [0.3, 0.4) is 0 Å². The van der Waals surface area contributed by atoms with Crippen molar-refractivity contribution in [2.45, 2.75) is 26.3 Å². The molecule has 0 saturated carbocycles. The summed E-state index contributed by atoms with van der Waals surface area (Å²) in [6.07, 6.45) is 0.535. The molecule has 0 unspecified atom stereocenters. The third-order valence-corrected chi connectivity index (χ3v) is 3.54. The summed E-state index contributed by atoms with van der Waals surface area (Å²) in [5, 5.41) is 2.71. The van der Waals surface area contributed by atoms with Crippen molar-refractivity contribution < 1.29 is 14.3 Å². The second-order valence-electron chi connectivity index (χ2n) is 4.84. The van der Waals surface area contributed by atoms with Crippen LogP contribution in [0.1, 0.15) is 30.6 Å². The summed E-state index contributed by atoms with van der Waals surface area (Å²) in [4.78, 5) is 23.9. The molecular formula is C14H17Br2NO3. The number of esters is 1. The van der Waals surface area contributed by atoms with Gasteiger partial charge in [-0.15, -0.1) is 0 Å². The monoisotopic (exact) mass is 405 g/mol. The molecule has 20 heavy (non-hydrogen) atoms. The number of amides is 1. The van der Waals surface area contributed by atoms with E-state index in [9.17, 15) is 9.59 Å². The van der Waals surface area contributed by atoms with E-state index in [2.05, 4.69) is 37.2 Å². The lowest BCUT2D eigenvalue weighted by Crippen LogP contribution is -2.42. The molecule has 0 bridgehead atoms. The average molecular weight is 407 g/mol. The zero-order chi connectivity index (χ0) is 15.3. The van der Waals surface area contributed by atoms with Crippen LogP contribution in [0.2, 0.25) is 0 Å².